The van der Waals surface area contributed by atoms with Gasteiger partial charge in [-0.25, -0.2) is 14.3 Å². The van der Waals surface area contributed by atoms with Gasteiger partial charge in [-0.05, 0) is 41.5 Å². The molecule has 4 rings (SSSR count). The minimum atomic E-state index is -4.99. The molecule has 0 spiro atoms. The van der Waals surface area contributed by atoms with Crippen molar-refractivity contribution in [3.05, 3.63) is 86.8 Å². The molecule has 0 radical (unpaired) electrons. The minimum absolute atomic E-state index is 0.0360. The SMILES string of the molecule is CC.O=c1[nH]nc(CN2CCOC(OCc3cc(C(F)(F)F)cc(C(F)(F)F)c3)C2c2ccc(F)cc2)[nH]1. The van der Waals surface area contributed by atoms with E-state index in [1.54, 1.807) is 4.90 Å². The van der Waals surface area contributed by atoms with Crippen LogP contribution in [0.15, 0.2) is 47.3 Å². The molecule has 208 valence electrons. The Morgan fingerprint density at radius 1 is 1.03 bits per heavy atom. The maximum atomic E-state index is 13.5. The van der Waals surface area contributed by atoms with Gasteiger partial charge in [-0.1, -0.05) is 26.0 Å². The van der Waals surface area contributed by atoms with Crippen LogP contribution < -0.4 is 5.69 Å². The zero-order chi connectivity index (χ0) is 28.1. The van der Waals surface area contributed by atoms with Crippen LogP contribution in [-0.4, -0.2) is 39.5 Å². The smallest absolute Gasteiger partial charge is 0.349 e. The Morgan fingerprint density at radius 2 is 1.63 bits per heavy atom. The fraction of sp³-hybridized carbons (Fsp3) is 0.417. The summed E-state index contributed by atoms with van der Waals surface area (Å²) in [5, 5.41) is 6.08. The number of halogens is 7. The molecule has 2 N–H and O–H groups in total. The molecule has 3 aromatic rings. The molecule has 2 unspecified atom stereocenters. The van der Waals surface area contributed by atoms with Crippen molar-refractivity contribution in [2.75, 3.05) is 13.2 Å². The van der Waals surface area contributed by atoms with E-state index in [1.165, 1.54) is 24.3 Å². The zero-order valence-electron chi connectivity index (χ0n) is 20.3. The Kier molecular flexibility index (Phi) is 9.33. The molecular formula is C24H25F7N4O3. The van der Waals surface area contributed by atoms with Crippen LogP contribution in [0.4, 0.5) is 30.7 Å². The number of benzene rings is 2. The van der Waals surface area contributed by atoms with Gasteiger partial charge in [0.05, 0.1) is 36.9 Å². The van der Waals surface area contributed by atoms with E-state index in [9.17, 15) is 35.5 Å². The summed E-state index contributed by atoms with van der Waals surface area (Å²) in [7, 11) is 0. The number of morpholine rings is 1. The number of aromatic amines is 2. The van der Waals surface area contributed by atoms with Crippen LogP contribution >= 0.6 is 0 Å². The third-order valence-corrected chi connectivity index (χ3v) is 5.49. The second kappa shape index (κ2) is 12.1. The summed E-state index contributed by atoms with van der Waals surface area (Å²) >= 11 is 0. The third-order valence-electron chi connectivity index (χ3n) is 5.49. The quantitative estimate of drug-likeness (QED) is 0.401. The fourth-order valence-corrected chi connectivity index (χ4v) is 3.89. The molecule has 0 amide bonds. The number of hydrogen-bond acceptors (Lipinski definition) is 5. The van der Waals surface area contributed by atoms with Gasteiger partial charge in [0.15, 0.2) is 6.29 Å². The van der Waals surface area contributed by atoms with Gasteiger partial charge < -0.3 is 9.47 Å². The van der Waals surface area contributed by atoms with E-state index in [4.69, 9.17) is 9.47 Å². The monoisotopic (exact) mass is 550 g/mol. The molecule has 0 saturated carbocycles. The highest BCUT2D eigenvalue weighted by Crippen LogP contribution is 2.37. The molecule has 1 aliphatic rings. The van der Waals surface area contributed by atoms with Gasteiger partial charge >= 0.3 is 18.0 Å². The summed E-state index contributed by atoms with van der Waals surface area (Å²) in [6.45, 7) is 3.90. The standard InChI is InChI=1S/C22H19F7N4O3.C2H6/c23-16-3-1-13(2-4-16)18-19(35-6-5-33(18)10-17-30-20(34)32-31-17)36-11-12-7-14(21(24,25)26)9-15(8-12)22(27,28)29;1-2/h1-4,7-9,18-19H,5-6,10-11H2,(H2,30,31,32,34);1-2H3. The number of hydrogen-bond donors (Lipinski definition) is 2. The molecule has 1 fully saturated rings. The summed E-state index contributed by atoms with van der Waals surface area (Å²) in [5.74, 6) is -0.236. The topological polar surface area (TPSA) is 83.2 Å². The maximum absolute atomic E-state index is 13.5. The molecule has 38 heavy (non-hydrogen) atoms. The second-order valence-corrected chi connectivity index (χ2v) is 8.06. The van der Waals surface area contributed by atoms with Crippen molar-refractivity contribution in [2.24, 2.45) is 0 Å². The van der Waals surface area contributed by atoms with Crippen molar-refractivity contribution in [2.45, 2.75) is 51.7 Å². The molecule has 2 heterocycles. The predicted octanol–water partition coefficient (Wildman–Crippen LogP) is 5.42. The van der Waals surface area contributed by atoms with E-state index in [2.05, 4.69) is 15.2 Å². The lowest BCUT2D eigenvalue weighted by Gasteiger charge is -2.40. The van der Waals surface area contributed by atoms with Gasteiger partial charge in [0.1, 0.15) is 11.6 Å². The first kappa shape index (κ1) is 29.3. The highest BCUT2D eigenvalue weighted by atomic mass is 19.4. The summed E-state index contributed by atoms with van der Waals surface area (Å²) in [4.78, 5) is 15.7. The van der Waals surface area contributed by atoms with Crippen LogP contribution in [0.25, 0.3) is 0 Å². The summed E-state index contributed by atoms with van der Waals surface area (Å²) in [6.07, 6.45) is -11.1. The minimum Gasteiger partial charge on any atom is -0.349 e. The molecule has 1 saturated heterocycles. The van der Waals surface area contributed by atoms with E-state index in [-0.39, 0.29) is 30.6 Å². The van der Waals surface area contributed by atoms with Gasteiger partial charge in [-0.3, -0.25) is 9.88 Å². The summed E-state index contributed by atoms with van der Waals surface area (Å²) in [6, 6.07) is 5.75. The number of ether oxygens (including phenoxy) is 2. The van der Waals surface area contributed by atoms with Crippen molar-refractivity contribution >= 4 is 0 Å². The van der Waals surface area contributed by atoms with Crippen LogP contribution in [0.2, 0.25) is 0 Å². The third kappa shape index (κ3) is 7.42. The lowest BCUT2D eigenvalue weighted by atomic mass is 10.0. The van der Waals surface area contributed by atoms with E-state index in [1.807, 2.05) is 13.8 Å². The Hall–Kier alpha value is -3.23. The summed E-state index contributed by atoms with van der Waals surface area (Å²) in [5.41, 5.74) is -3.29. The van der Waals surface area contributed by atoms with E-state index in [0.29, 0.717) is 24.2 Å². The second-order valence-electron chi connectivity index (χ2n) is 8.06. The lowest BCUT2D eigenvalue weighted by molar-refractivity contribution is -0.218. The van der Waals surface area contributed by atoms with Crippen LogP contribution in [0.3, 0.4) is 0 Å². The van der Waals surface area contributed by atoms with Gasteiger partial charge in [-0.2, -0.15) is 31.4 Å². The van der Waals surface area contributed by atoms with Crippen LogP contribution in [0, 0.1) is 5.82 Å². The first-order valence-electron chi connectivity index (χ1n) is 11.5. The van der Waals surface area contributed by atoms with Crippen LogP contribution in [-0.2, 0) is 35.0 Å². The molecule has 1 aliphatic heterocycles. The molecule has 0 aliphatic carbocycles. The number of alkyl halides is 6. The Balaban J connectivity index is 0.00000195. The number of H-pyrrole nitrogens is 2. The number of rotatable bonds is 6. The van der Waals surface area contributed by atoms with Gasteiger partial charge in [0, 0.05) is 6.54 Å². The largest absolute Gasteiger partial charge is 0.416 e. The highest BCUT2D eigenvalue weighted by Gasteiger charge is 2.38. The molecule has 0 bridgehead atoms. The number of nitrogens with one attached hydrogen (secondary N) is 2. The Labute approximate surface area is 212 Å². The lowest BCUT2D eigenvalue weighted by Crippen LogP contribution is -2.46. The average molecular weight is 550 g/mol. The first-order chi connectivity index (χ1) is 17.9. The molecule has 1 aromatic heterocycles. The van der Waals surface area contributed by atoms with Crippen molar-refractivity contribution < 1.29 is 40.2 Å². The molecule has 7 nitrogen and oxygen atoms in total. The van der Waals surface area contributed by atoms with Gasteiger partial charge in [-0.15, -0.1) is 0 Å². The first-order valence-corrected chi connectivity index (χ1v) is 11.5. The molecule has 2 atom stereocenters. The Bertz CT molecular complexity index is 1210. The van der Waals surface area contributed by atoms with Crippen LogP contribution in [0.5, 0.6) is 0 Å². The predicted molar refractivity (Wildman–Crippen MR) is 121 cm³/mol. The number of nitrogens with zero attached hydrogens (tertiary/aromatic N) is 2. The van der Waals surface area contributed by atoms with Crippen molar-refractivity contribution in [1.29, 1.82) is 0 Å². The van der Waals surface area contributed by atoms with Gasteiger partial charge in [0.2, 0.25) is 0 Å². The molecule has 2 aromatic carbocycles. The van der Waals surface area contributed by atoms with Crippen LogP contribution in [0.1, 0.15) is 48.0 Å². The van der Waals surface area contributed by atoms with Gasteiger partial charge in [0.25, 0.3) is 0 Å². The molecule has 14 heteroatoms. The summed E-state index contributed by atoms with van der Waals surface area (Å²) < 4.78 is 104. The van der Waals surface area contributed by atoms with Crippen molar-refractivity contribution in [1.82, 2.24) is 20.1 Å². The highest BCUT2D eigenvalue weighted by molar-refractivity contribution is 5.33. The van der Waals surface area contributed by atoms with E-state index in [0.717, 1.165) is 0 Å². The number of aromatic nitrogens is 3. The maximum Gasteiger partial charge on any atom is 0.416 e. The average Bonchev–Trinajstić information content (AvgIpc) is 3.28. The van der Waals surface area contributed by atoms with Crippen molar-refractivity contribution in [3.8, 4) is 0 Å². The van der Waals surface area contributed by atoms with E-state index < -0.39 is 53.9 Å². The Morgan fingerprint density at radius 3 is 2.16 bits per heavy atom. The molecular weight excluding hydrogens is 525 g/mol. The zero-order valence-corrected chi connectivity index (χ0v) is 20.3. The van der Waals surface area contributed by atoms with Crippen molar-refractivity contribution in [3.63, 3.8) is 0 Å². The fourth-order valence-electron chi connectivity index (χ4n) is 3.89. The van der Waals surface area contributed by atoms with E-state index >= 15 is 0 Å². The normalized spacial score (nSPS) is 18.7.